The fourth-order valence-electron chi connectivity index (χ4n) is 3.45. The van der Waals surface area contributed by atoms with Crippen molar-refractivity contribution in [3.8, 4) is 16.9 Å². The number of hydrogen-bond donors (Lipinski definition) is 3. The van der Waals surface area contributed by atoms with Gasteiger partial charge in [-0.2, -0.15) is 0 Å². The van der Waals surface area contributed by atoms with Crippen LogP contribution in [0.3, 0.4) is 0 Å². The van der Waals surface area contributed by atoms with Crippen LogP contribution in [0.5, 0.6) is 5.75 Å². The summed E-state index contributed by atoms with van der Waals surface area (Å²) in [6.45, 7) is 0.544. The van der Waals surface area contributed by atoms with E-state index in [4.69, 9.17) is 5.73 Å². The van der Waals surface area contributed by atoms with Gasteiger partial charge in [0.1, 0.15) is 5.75 Å². The Bertz CT molecular complexity index is 1050. The first-order valence-corrected chi connectivity index (χ1v) is 7.90. The van der Waals surface area contributed by atoms with E-state index in [2.05, 4.69) is 10.6 Å². The molecule has 4 rings (SSSR count). The van der Waals surface area contributed by atoms with E-state index in [0.29, 0.717) is 12.2 Å². The summed E-state index contributed by atoms with van der Waals surface area (Å²) in [4.78, 5) is 0. The zero-order chi connectivity index (χ0) is 16.7. The lowest BCUT2D eigenvalue weighted by Gasteiger charge is -2.10. The number of hydrogen-bond acceptors (Lipinski definition) is 3. The third kappa shape index (κ3) is 2.12. The van der Waals surface area contributed by atoms with Crippen LogP contribution in [0.15, 0.2) is 60.7 Å². The van der Waals surface area contributed by atoms with Gasteiger partial charge in [0.25, 0.3) is 0 Å². The van der Waals surface area contributed by atoms with Gasteiger partial charge >= 0.3 is 0 Å². The molecule has 0 atom stereocenters. The van der Waals surface area contributed by atoms with Gasteiger partial charge in [-0.05, 0) is 29.8 Å². The Morgan fingerprint density at radius 1 is 0.875 bits per heavy atom. The van der Waals surface area contributed by atoms with Crippen molar-refractivity contribution in [2.24, 2.45) is 0 Å². The molecule has 3 aromatic carbocycles. The van der Waals surface area contributed by atoms with Crippen molar-refractivity contribution in [3.05, 3.63) is 60.7 Å². The molecule has 0 aliphatic carbocycles. The molecule has 4 N–H and O–H groups in total. The molecule has 0 saturated heterocycles. The molecule has 120 valence electrons. The summed E-state index contributed by atoms with van der Waals surface area (Å²) in [7, 11) is 0. The number of nitrogen functional groups attached to an aromatic ring is 1. The molecule has 0 amide bonds. The molecular weight excluding hydrogens is 300 g/mol. The fraction of sp³-hybridized carbons (Fsp3) is 0.100. The summed E-state index contributed by atoms with van der Waals surface area (Å²) in [5, 5.41) is 21.9. The van der Waals surface area contributed by atoms with E-state index in [1.54, 1.807) is 12.1 Å². The van der Waals surface area contributed by atoms with Crippen LogP contribution < -0.4 is 5.73 Å². The number of rotatable bonds is 3. The summed E-state index contributed by atoms with van der Waals surface area (Å²) in [5.74, 6) is 0.225. The Kier molecular flexibility index (Phi) is 3.40. The summed E-state index contributed by atoms with van der Waals surface area (Å²) in [6.07, 6.45) is 0. The predicted molar refractivity (Wildman–Crippen MR) is 98.0 cm³/mol. The van der Waals surface area contributed by atoms with Crippen LogP contribution in [0.1, 0.15) is 0 Å². The number of phenolic OH excluding ortho intramolecular Hbond substituents is 1. The summed E-state index contributed by atoms with van der Waals surface area (Å²) in [5.41, 5.74) is 10.4. The Hall–Kier alpha value is -2.98. The zero-order valence-corrected chi connectivity index (χ0v) is 13.1. The van der Waals surface area contributed by atoms with Crippen LogP contribution in [0, 0.1) is 0 Å². The van der Waals surface area contributed by atoms with Crippen LogP contribution in [-0.2, 0) is 6.54 Å². The van der Waals surface area contributed by atoms with Gasteiger partial charge in [0, 0.05) is 34.1 Å². The minimum atomic E-state index is 0.0501. The first-order chi connectivity index (χ1) is 11.7. The van der Waals surface area contributed by atoms with Gasteiger partial charge in [-0.1, -0.05) is 36.4 Å². The van der Waals surface area contributed by atoms with Gasteiger partial charge in [-0.3, -0.25) is 0 Å². The van der Waals surface area contributed by atoms with Crippen molar-refractivity contribution in [1.82, 2.24) is 4.57 Å². The van der Waals surface area contributed by atoms with Crippen molar-refractivity contribution < 1.29 is 10.2 Å². The van der Waals surface area contributed by atoms with E-state index in [1.165, 1.54) is 0 Å². The van der Waals surface area contributed by atoms with Gasteiger partial charge in [0.15, 0.2) is 0 Å². The molecule has 0 fully saturated rings. The second-order valence-corrected chi connectivity index (χ2v) is 5.87. The van der Waals surface area contributed by atoms with Crippen LogP contribution >= 0.6 is 0 Å². The number of phenols is 1. The first-order valence-electron chi connectivity index (χ1n) is 7.90. The molecule has 0 unspecified atom stereocenters. The summed E-state index contributed by atoms with van der Waals surface area (Å²) < 4.78 is 2.07. The van der Waals surface area contributed by atoms with Gasteiger partial charge in [0.05, 0.1) is 12.1 Å². The Labute approximate surface area is 139 Å². The number of aliphatic hydroxyl groups is 1. The third-order valence-corrected chi connectivity index (χ3v) is 4.41. The molecule has 0 radical (unpaired) electrons. The smallest absolute Gasteiger partial charge is 0.123 e. The maximum absolute atomic E-state index is 10.3. The molecule has 0 spiro atoms. The van der Waals surface area contributed by atoms with E-state index in [-0.39, 0.29) is 12.4 Å². The monoisotopic (exact) mass is 318 g/mol. The molecule has 4 heteroatoms. The van der Waals surface area contributed by atoms with Crippen LogP contribution in [0.25, 0.3) is 32.9 Å². The Balaban J connectivity index is 2.19. The number of nitrogens with two attached hydrogens (primary N) is 1. The number of benzene rings is 3. The summed E-state index contributed by atoms with van der Waals surface area (Å²) in [6, 6.07) is 19.2. The average molecular weight is 318 g/mol. The molecule has 0 aliphatic rings. The lowest BCUT2D eigenvalue weighted by Crippen LogP contribution is -2.01. The molecule has 0 bridgehead atoms. The van der Waals surface area contributed by atoms with E-state index < -0.39 is 0 Å². The first kappa shape index (κ1) is 14.6. The Morgan fingerprint density at radius 2 is 1.62 bits per heavy atom. The number of aliphatic hydroxyl groups excluding tert-OH is 1. The highest BCUT2D eigenvalue weighted by Gasteiger charge is 2.16. The maximum Gasteiger partial charge on any atom is 0.123 e. The largest absolute Gasteiger partial charge is 0.507 e. The molecular formula is C20H18N2O2. The highest BCUT2D eigenvalue weighted by molar-refractivity contribution is 6.16. The van der Waals surface area contributed by atoms with Crippen molar-refractivity contribution >= 4 is 27.5 Å². The standard InChI is InChI=1S/C20H18N2O2/c21-13-11-16(14-5-2-4-8-19(14)24)20-15-6-1-3-7-17(15)22(9-10-23)18(20)12-13/h1-8,11-12,23-24H,9-10,21H2. The van der Waals surface area contributed by atoms with Crippen molar-refractivity contribution in [3.63, 3.8) is 0 Å². The minimum absolute atomic E-state index is 0.0501. The average Bonchev–Trinajstić information content (AvgIpc) is 2.89. The SMILES string of the molecule is Nc1cc(-c2ccccc2O)c2c3ccccc3n(CCO)c2c1. The van der Waals surface area contributed by atoms with Gasteiger partial charge in [-0.15, -0.1) is 0 Å². The zero-order valence-electron chi connectivity index (χ0n) is 13.1. The normalized spacial score (nSPS) is 11.4. The molecule has 1 aromatic heterocycles. The number of aromatic hydroxyl groups is 1. The van der Waals surface area contributed by atoms with E-state index in [0.717, 1.165) is 32.9 Å². The molecule has 4 nitrogen and oxygen atoms in total. The van der Waals surface area contributed by atoms with E-state index >= 15 is 0 Å². The van der Waals surface area contributed by atoms with Crippen LogP contribution in [0.2, 0.25) is 0 Å². The van der Waals surface area contributed by atoms with Gasteiger partial charge < -0.3 is 20.5 Å². The number of anilines is 1. The van der Waals surface area contributed by atoms with Gasteiger partial charge in [0.2, 0.25) is 0 Å². The van der Waals surface area contributed by atoms with Crippen molar-refractivity contribution in [1.29, 1.82) is 0 Å². The van der Waals surface area contributed by atoms with Gasteiger partial charge in [-0.25, -0.2) is 0 Å². The van der Waals surface area contributed by atoms with E-state index in [9.17, 15) is 10.2 Å². The highest BCUT2D eigenvalue weighted by Crippen LogP contribution is 2.40. The maximum atomic E-state index is 10.3. The molecule has 24 heavy (non-hydrogen) atoms. The molecule has 1 heterocycles. The number of fused-ring (bicyclic) bond motifs is 3. The Morgan fingerprint density at radius 3 is 2.42 bits per heavy atom. The number of aromatic nitrogens is 1. The van der Waals surface area contributed by atoms with Crippen molar-refractivity contribution in [2.45, 2.75) is 6.54 Å². The lowest BCUT2D eigenvalue weighted by atomic mass is 9.98. The number of para-hydroxylation sites is 2. The minimum Gasteiger partial charge on any atom is -0.507 e. The molecule has 4 aromatic rings. The van der Waals surface area contributed by atoms with Crippen LogP contribution in [0.4, 0.5) is 5.69 Å². The lowest BCUT2D eigenvalue weighted by molar-refractivity contribution is 0.280. The second kappa shape index (κ2) is 5.58. The molecule has 0 saturated carbocycles. The molecule has 0 aliphatic heterocycles. The topological polar surface area (TPSA) is 71.4 Å². The summed E-state index contributed by atoms with van der Waals surface area (Å²) >= 11 is 0. The fourth-order valence-corrected chi connectivity index (χ4v) is 3.45. The third-order valence-electron chi connectivity index (χ3n) is 4.41. The van der Waals surface area contributed by atoms with E-state index in [1.807, 2.05) is 42.5 Å². The highest BCUT2D eigenvalue weighted by atomic mass is 16.3. The van der Waals surface area contributed by atoms with Crippen LogP contribution in [-0.4, -0.2) is 21.4 Å². The quantitative estimate of drug-likeness (QED) is 0.504. The number of nitrogens with zero attached hydrogens (tertiary/aromatic N) is 1. The second-order valence-electron chi connectivity index (χ2n) is 5.87. The van der Waals surface area contributed by atoms with Crippen molar-refractivity contribution in [2.75, 3.05) is 12.3 Å². The predicted octanol–water partition coefficient (Wildman–Crippen LogP) is 3.74.